The summed E-state index contributed by atoms with van der Waals surface area (Å²) in [7, 11) is 3.25. The van der Waals surface area contributed by atoms with E-state index in [4.69, 9.17) is 9.47 Å². The van der Waals surface area contributed by atoms with Crippen LogP contribution in [0.5, 0.6) is 11.5 Å². The van der Waals surface area contributed by atoms with Gasteiger partial charge in [-0.05, 0) is 43.2 Å². The van der Waals surface area contributed by atoms with Gasteiger partial charge in [0.15, 0.2) is 0 Å². The molecule has 1 atom stereocenters. The van der Waals surface area contributed by atoms with Gasteiger partial charge in [0.25, 0.3) is 0 Å². The molecule has 1 fully saturated rings. The second-order valence-electron chi connectivity index (χ2n) is 7.26. The Labute approximate surface area is 170 Å². The molecule has 1 aromatic heterocycles. The lowest BCUT2D eigenvalue weighted by Crippen LogP contribution is -2.43. The fraction of sp³-hybridized carbons (Fsp3) is 0.364. The van der Waals surface area contributed by atoms with E-state index in [0.717, 1.165) is 53.4 Å². The lowest BCUT2D eigenvalue weighted by atomic mass is 9.97. The van der Waals surface area contributed by atoms with Crippen LogP contribution in [0.15, 0.2) is 42.5 Å². The zero-order chi connectivity index (χ0) is 20.2. The highest BCUT2D eigenvalue weighted by Crippen LogP contribution is 2.25. The average molecular weight is 394 g/mol. The number of aromatic amines is 1. The first-order chi connectivity index (χ1) is 14.2. The maximum Gasteiger partial charge on any atom is 0.225 e. The second-order valence-corrected chi connectivity index (χ2v) is 7.26. The van der Waals surface area contributed by atoms with E-state index >= 15 is 0 Å². The van der Waals surface area contributed by atoms with Gasteiger partial charge in [-0.2, -0.15) is 0 Å². The number of carbonyl (C=O) groups excluding carboxylic acids is 1. The van der Waals surface area contributed by atoms with E-state index in [1.165, 1.54) is 0 Å². The summed E-state index contributed by atoms with van der Waals surface area (Å²) >= 11 is 0. The standard InChI is InChI=1S/C22H26N4O3/c1-28-17-9-10-20(29-2)16(12-17)13-23-21(27)15-6-5-11-26(14-15)22-24-18-7-3-4-8-19(18)25-22/h3-4,7-10,12,15H,5-6,11,13-14H2,1-2H3,(H,23,27)(H,24,25)/t15-/m0/s1. The van der Waals surface area contributed by atoms with E-state index in [2.05, 4.69) is 20.2 Å². The first-order valence-corrected chi connectivity index (χ1v) is 9.86. The predicted molar refractivity (Wildman–Crippen MR) is 112 cm³/mol. The Morgan fingerprint density at radius 1 is 1.24 bits per heavy atom. The Bertz CT molecular complexity index is 968. The molecule has 0 saturated carbocycles. The van der Waals surface area contributed by atoms with E-state index in [1.807, 2.05) is 42.5 Å². The molecule has 152 valence electrons. The molecule has 1 aliphatic heterocycles. The van der Waals surface area contributed by atoms with E-state index < -0.39 is 0 Å². The summed E-state index contributed by atoms with van der Waals surface area (Å²) in [6, 6.07) is 13.6. The van der Waals surface area contributed by atoms with Crippen LogP contribution in [-0.4, -0.2) is 43.2 Å². The van der Waals surface area contributed by atoms with Crippen molar-refractivity contribution in [2.24, 2.45) is 5.92 Å². The summed E-state index contributed by atoms with van der Waals surface area (Å²) in [5.41, 5.74) is 2.85. The van der Waals surface area contributed by atoms with Gasteiger partial charge >= 0.3 is 0 Å². The Morgan fingerprint density at radius 3 is 2.90 bits per heavy atom. The number of methoxy groups -OCH3 is 2. The second kappa shape index (κ2) is 8.43. The normalized spacial score (nSPS) is 16.6. The minimum absolute atomic E-state index is 0.0516. The van der Waals surface area contributed by atoms with Crippen molar-refractivity contribution >= 4 is 22.9 Å². The van der Waals surface area contributed by atoms with Gasteiger partial charge in [0.05, 0.1) is 31.2 Å². The molecule has 0 bridgehead atoms. The lowest BCUT2D eigenvalue weighted by molar-refractivity contribution is -0.125. The molecule has 1 amide bonds. The van der Waals surface area contributed by atoms with Crippen molar-refractivity contribution in [2.75, 3.05) is 32.2 Å². The molecule has 7 nitrogen and oxygen atoms in total. The van der Waals surface area contributed by atoms with Crippen molar-refractivity contribution < 1.29 is 14.3 Å². The minimum Gasteiger partial charge on any atom is -0.497 e. The number of ether oxygens (including phenoxy) is 2. The van der Waals surface area contributed by atoms with Crippen molar-refractivity contribution in [1.29, 1.82) is 0 Å². The molecule has 2 heterocycles. The monoisotopic (exact) mass is 394 g/mol. The number of nitrogens with one attached hydrogen (secondary N) is 2. The molecule has 0 radical (unpaired) electrons. The van der Waals surface area contributed by atoms with E-state index in [-0.39, 0.29) is 11.8 Å². The summed E-state index contributed by atoms with van der Waals surface area (Å²) in [4.78, 5) is 23.0. The first kappa shape index (κ1) is 19.1. The van der Waals surface area contributed by atoms with Crippen LogP contribution in [0.25, 0.3) is 11.0 Å². The van der Waals surface area contributed by atoms with E-state index in [9.17, 15) is 4.79 Å². The van der Waals surface area contributed by atoms with Crippen LogP contribution in [0.1, 0.15) is 18.4 Å². The number of piperidine rings is 1. The Balaban J connectivity index is 1.41. The molecule has 0 spiro atoms. The molecule has 3 aromatic rings. The molecule has 0 unspecified atom stereocenters. The molecular weight excluding hydrogens is 368 g/mol. The van der Waals surface area contributed by atoms with Crippen LogP contribution in [0.3, 0.4) is 0 Å². The van der Waals surface area contributed by atoms with Gasteiger partial charge in [0.2, 0.25) is 11.9 Å². The topological polar surface area (TPSA) is 79.5 Å². The number of fused-ring (bicyclic) bond motifs is 1. The zero-order valence-corrected chi connectivity index (χ0v) is 16.8. The highest BCUT2D eigenvalue weighted by molar-refractivity contribution is 5.80. The van der Waals surface area contributed by atoms with Crippen LogP contribution in [-0.2, 0) is 11.3 Å². The molecule has 7 heteroatoms. The molecule has 2 N–H and O–H groups in total. The fourth-order valence-corrected chi connectivity index (χ4v) is 3.82. The number of benzene rings is 2. The third-order valence-electron chi connectivity index (χ3n) is 5.41. The zero-order valence-electron chi connectivity index (χ0n) is 16.8. The van der Waals surface area contributed by atoms with Crippen molar-refractivity contribution in [3.63, 3.8) is 0 Å². The first-order valence-electron chi connectivity index (χ1n) is 9.86. The average Bonchev–Trinajstić information content (AvgIpc) is 3.21. The number of nitrogens with zero attached hydrogens (tertiary/aromatic N) is 2. The molecule has 1 saturated heterocycles. The summed E-state index contributed by atoms with van der Waals surface area (Å²) in [5.74, 6) is 2.28. The number of rotatable bonds is 6. The number of anilines is 1. The number of hydrogen-bond donors (Lipinski definition) is 2. The van der Waals surface area contributed by atoms with Gasteiger partial charge in [-0.3, -0.25) is 4.79 Å². The number of hydrogen-bond acceptors (Lipinski definition) is 5. The molecule has 4 rings (SSSR count). The number of para-hydroxylation sites is 2. The lowest BCUT2D eigenvalue weighted by Gasteiger charge is -2.31. The van der Waals surface area contributed by atoms with Gasteiger partial charge in [0, 0.05) is 25.2 Å². The van der Waals surface area contributed by atoms with E-state index in [0.29, 0.717) is 13.1 Å². The van der Waals surface area contributed by atoms with Crippen LogP contribution < -0.4 is 19.7 Å². The van der Waals surface area contributed by atoms with Crippen LogP contribution >= 0.6 is 0 Å². The number of aromatic nitrogens is 2. The van der Waals surface area contributed by atoms with Gasteiger partial charge in [0.1, 0.15) is 11.5 Å². The van der Waals surface area contributed by atoms with Crippen LogP contribution in [0.2, 0.25) is 0 Å². The maximum atomic E-state index is 12.8. The Hall–Kier alpha value is -3.22. The number of H-pyrrole nitrogens is 1. The minimum atomic E-state index is -0.0754. The summed E-state index contributed by atoms with van der Waals surface area (Å²) in [5, 5.41) is 3.06. The van der Waals surface area contributed by atoms with Gasteiger partial charge in [-0.1, -0.05) is 12.1 Å². The van der Waals surface area contributed by atoms with E-state index in [1.54, 1.807) is 14.2 Å². The van der Waals surface area contributed by atoms with Gasteiger partial charge in [-0.25, -0.2) is 4.98 Å². The molecule has 1 aliphatic rings. The van der Waals surface area contributed by atoms with Crippen molar-refractivity contribution in [1.82, 2.24) is 15.3 Å². The third kappa shape index (κ3) is 4.13. The number of carbonyl (C=O) groups is 1. The third-order valence-corrected chi connectivity index (χ3v) is 5.41. The van der Waals surface area contributed by atoms with Crippen molar-refractivity contribution in [3.8, 4) is 11.5 Å². The Morgan fingerprint density at radius 2 is 2.10 bits per heavy atom. The molecule has 29 heavy (non-hydrogen) atoms. The molecular formula is C22H26N4O3. The fourth-order valence-electron chi connectivity index (χ4n) is 3.82. The maximum absolute atomic E-state index is 12.8. The summed E-state index contributed by atoms with van der Waals surface area (Å²) < 4.78 is 10.7. The van der Waals surface area contributed by atoms with Crippen LogP contribution in [0.4, 0.5) is 5.95 Å². The van der Waals surface area contributed by atoms with Crippen molar-refractivity contribution in [3.05, 3.63) is 48.0 Å². The molecule has 2 aromatic carbocycles. The number of imidazole rings is 1. The quantitative estimate of drug-likeness (QED) is 0.672. The highest BCUT2D eigenvalue weighted by Gasteiger charge is 2.27. The summed E-state index contributed by atoms with van der Waals surface area (Å²) in [6.07, 6.45) is 1.83. The van der Waals surface area contributed by atoms with Crippen molar-refractivity contribution in [2.45, 2.75) is 19.4 Å². The predicted octanol–water partition coefficient (Wildman–Crippen LogP) is 3.11. The SMILES string of the molecule is COc1ccc(OC)c(CNC(=O)[C@H]2CCCN(c3nc4ccccc4[nH]3)C2)c1. The largest absolute Gasteiger partial charge is 0.497 e. The van der Waals surface area contributed by atoms with Gasteiger partial charge < -0.3 is 24.7 Å². The highest BCUT2D eigenvalue weighted by atomic mass is 16.5. The van der Waals surface area contributed by atoms with Gasteiger partial charge in [-0.15, -0.1) is 0 Å². The Kier molecular flexibility index (Phi) is 5.55. The smallest absolute Gasteiger partial charge is 0.225 e. The number of amides is 1. The van der Waals surface area contributed by atoms with Crippen LogP contribution in [0, 0.1) is 5.92 Å². The summed E-state index contributed by atoms with van der Waals surface area (Å²) in [6.45, 7) is 1.95. The molecule has 0 aliphatic carbocycles.